The van der Waals surface area contributed by atoms with Crippen molar-refractivity contribution in [3.8, 4) is 0 Å². The molecule has 0 spiro atoms. The summed E-state index contributed by atoms with van der Waals surface area (Å²) in [7, 11) is 0. The largest absolute Gasteiger partial charge is 0.370 e. The fourth-order valence-corrected chi connectivity index (χ4v) is 3.16. The van der Waals surface area contributed by atoms with Crippen LogP contribution in [-0.2, 0) is 4.74 Å². The van der Waals surface area contributed by atoms with E-state index in [1.165, 1.54) is 5.56 Å². The zero-order valence-electron chi connectivity index (χ0n) is 11.7. The molecule has 0 aliphatic carbocycles. The lowest BCUT2D eigenvalue weighted by Gasteiger charge is -2.34. The number of benzene rings is 1. The Labute approximate surface area is 138 Å². The molecule has 1 aromatic carbocycles. The van der Waals surface area contributed by atoms with Crippen LogP contribution in [0.3, 0.4) is 0 Å². The molecule has 1 fully saturated rings. The van der Waals surface area contributed by atoms with Gasteiger partial charge in [0.1, 0.15) is 11.9 Å². The minimum Gasteiger partial charge on any atom is -0.370 e. The van der Waals surface area contributed by atoms with E-state index in [2.05, 4.69) is 38.8 Å². The van der Waals surface area contributed by atoms with Crippen molar-refractivity contribution < 1.29 is 4.74 Å². The Morgan fingerprint density at radius 1 is 1.33 bits per heavy atom. The molecule has 1 aliphatic rings. The molecule has 0 bridgehead atoms. The maximum absolute atomic E-state index is 5.95. The first-order valence-electron chi connectivity index (χ1n) is 6.87. The maximum Gasteiger partial charge on any atom is 0.131 e. The lowest BCUT2D eigenvalue weighted by Crippen LogP contribution is -2.39. The monoisotopic (exact) mass is 366 g/mol. The number of aromatic nitrogens is 1. The predicted octanol–water partition coefficient (Wildman–Crippen LogP) is 4.38. The Kier molecular flexibility index (Phi) is 4.48. The van der Waals surface area contributed by atoms with Crippen LogP contribution in [0.15, 0.2) is 41.0 Å². The Morgan fingerprint density at radius 3 is 2.81 bits per heavy atom. The van der Waals surface area contributed by atoms with Crippen LogP contribution in [-0.4, -0.2) is 24.7 Å². The summed E-state index contributed by atoms with van der Waals surface area (Å²) in [5.74, 6) is 1.03. The van der Waals surface area contributed by atoms with Gasteiger partial charge in [0.15, 0.2) is 0 Å². The van der Waals surface area contributed by atoms with Gasteiger partial charge in [0.05, 0.1) is 6.61 Å². The van der Waals surface area contributed by atoms with Crippen molar-refractivity contribution in [1.29, 1.82) is 0 Å². The van der Waals surface area contributed by atoms with E-state index in [-0.39, 0.29) is 6.10 Å². The number of morpholine rings is 1. The summed E-state index contributed by atoms with van der Waals surface area (Å²) >= 11 is 9.40. The number of hydrogen-bond acceptors (Lipinski definition) is 3. The van der Waals surface area contributed by atoms with Gasteiger partial charge in [-0.3, -0.25) is 0 Å². The molecule has 1 unspecified atom stereocenters. The molecular formula is C16H16BrClN2O. The second-order valence-electron chi connectivity index (χ2n) is 5.15. The van der Waals surface area contributed by atoms with Crippen LogP contribution in [0.4, 0.5) is 5.82 Å². The third-order valence-corrected chi connectivity index (χ3v) is 4.31. The van der Waals surface area contributed by atoms with Gasteiger partial charge in [-0.15, -0.1) is 0 Å². The maximum atomic E-state index is 5.95. The summed E-state index contributed by atoms with van der Waals surface area (Å²) in [6.45, 7) is 4.45. The van der Waals surface area contributed by atoms with Crippen molar-refractivity contribution in [2.24, 2.45) is 0 Å². The zero-order valence-corrected chi connectivity index (χ0v) is 14.1. The van der Waals surface area contributed by atoms with E-state index in [1.807, 2.05) is 30.5 Å². The predicted molar refractivity (Wildman–Crippen MR) is 89.0 cm³/mol. The van der Waals surface area contributed by atoms with Crippen LogP contribution in [0.5, 0.6) is 0 Å². The number of rotatable bonds is 2. The molecule has 0 amide bonds. The van der Waals surface area contributed by atoms with Crippen molar-refractivity contribution in [1.82, 2.24) is 4.98 Å². The first-order chi connectivity index (χ1) is 10.1. The van der Waals surface area contributed by atoms with Gasteiger partial charge in [-0.1, -0.05) is 23.7 Å². The van der Waals surface area contributed by atoms with E-state index in [4.69, 9.17) is 16.3 Å². The molecular weight excluding hydrogens is 352 g/mol. The van der Waals surface area contributed by atoms with E-state index in [1.54, 1.807) is 0 Å². The molecule has 1 atom stereocenters. The lowest BCUT2D eigenvalue weighted by molar-refractivity contribution is 0.0395. The molecule has 0 saturated carbocycles. The smallest absolute Gasteiger partial charge is 0.131 e. The van der Waals surface area contributed by atoms with Gasteiger partial charge < -0.3 is 9.64 Å². The summed E-state index contributed by atoms with van der Waals surface area (Å²) in [5.41, 5.74) is 2.32. The molecule has 2 heterocycles. The number of hydrogen-bond donors (Lipinski definition) is 0. The number of anilines is 1. The van der Waals surface area contributed by atoms with Gasteiger partial charge in [-0.05, 0) is 52.2 Å². The topological polar surface area (TPSA) is 25.4 Å². The second kappa shape index (κ2) is 6.34. The van der Waals surface area contributed by atoms with E-state index in [0.717, 1.165) is 34.0 Å². The molecule has 110 valence electrons. The Hall–Kier alpha value is -1.10. The quantitative estimate of drug-likeness (QED) is 0.787. The van der Waals surface area contributed by atoms with Crippen LogP contribution < -0.4 is 4.90 Å². The number of ether oxygens (including phenoxy) is 1. The van der Waals surface area contributed by atoms with Gasteiger partial charge in [0.25, 0.3) is 0 Å². The third kappa shape index (κ3) is 3.39. The lowest BCUT2D eigenvalue weighted by atomic mass is 10.1. The molecule has 1 aliphatic heterocycles. The van der Waals surface area contributed by atoms with E-state index in [0.29, 0.717) is 6.61 Å². The molecule has 5 heteroatoms. The van der Waals surface area contributed by atoms with Crippen molar-refractivity contribution in [3.05, 3.63) is 57.2 Å². The first-order valence-corrected chi connectivity index (χ1v) is 8.05. The third-order valence-electron chi connectivity index (χ3n) is 3.63. The van der Waals surface area contributed by atoms with Gasteiger partial charge in [0, 0.05) is 28.8 Å². The Bertz CT molecular complexity index is 633. The highest BCUT2D eigenvalue weighted by Crippen LogP contribution is 2.28. The van der Waals surface area contributed by atoms with Crippen LogP contribution in [0.25, 0.3) is 0 Å². The van der Waals surface area contributed by atoms with Gasteiger partial charge in [-0.25, -0.2) is 4.98 Å². The van der Waals surface area contributed by atoms with E-state index >= 15 is 0 Å². The van der Waals surface area contributed by atoms with Crippen molar-refractivity contribution in [2.75, 3.05) is 24.6 Å². The normalized spacial score (nSPS) is 18.8. The number of nitrogens with zero attached hydrogens (tertiary/aromatic N) is 2. The van der Waals surface area contributed by atoms with Crippen molar-refractivity contribution >= 4 is 33.3 Å². The summed E-state index contributed by atoms with van der Waals surface area (Å²) in [6.07, 6.45) is 1.90. The average Bonchev–Trinajstić information content (AvgIpc) is 2.48. The van der Waals surface area contributed by atoms with Crippen LogP contribution >= 0.6 is 27.5 Å². The molecule has 0 N–H and O–H groups in total. The summed E-state index contributed by atoms with van der Waals surface area (Å²) in [5, 5.41) is 0.747. The number of halogens is 2. The first kappa shape index (κ1) is 14.8. The number of aryl methyl sites for hydroxylation is 1. The highest BCUT2D eigenvalue weighted by Gasteiger charge is 2.23. The number of pyridine rings is 1. The summed E-state index contributed by atoms with van der Waals surface area (Å²) in [6, 6.07) is 9.95. The summed E-state index contributed by atoms with van der Waals surface area (Å²) < 4.78 is 6.90. The highest BCUT2D eigenvalue weighted by atomic mass is 79.9. The molecule has 1 saturated heterocycles. The fraction of sp³-hybridized carbons (Fsp3) is 0.312. The minimum absolute atomic E-state index is 0.0564. The van der Waals surface area contributed by atoms with Crippen LogP contribution in [0.1, 0.15) is 17.2 Å². The highest BCUT2D eigenvalue weighted by molar-refractivity contribution is 9.10. The summed E-state index contributed by atoms with van der Waals surface area (Å²) in [4.78, 5) is 6.83. The SMILES string of the molecule is Cc1cc(Br)cnc1N1CCOC(c2ccc(Cl)cc2)C1. The van der Waals surface area contributed by atoms with Crippen LogP contribution in [0, 0.1) is 6.92 Å². The zero-order chi connectivity index (χ0) is 14.8. The van der Waals surface area contributed by atoms with Crippen molar-refractivity contribution in [3.63, 3.8) is 0 Å². The molecule has 1 aromatic heterocycles. The van der Waals surface area contributed by atoms with Crippen LogP contribution in [0.2, 0.25) is 5.02 Å². The van der Waals surface area contributed by atoms with E-state index in [9.17, 15) is 0 Å². The van der Waals surface area contributed by atoms with Gasteiger partial charge in [-0.2, -0.15) is 0 Å². The standard InChI is InChI=1S/C16H16BrClN2O/c1-11-8-13(17)9-19-16(11)20-6-7-21-15(10-20)12-2-4-14(18)5-3-12/h2-5,8-9,15H,6-7,10H2,1H3. The van der Waals surface area contributed by atoms with E-state index < -0.39 is 0 Å². The molecule has 21 heavy (non-hydrogen) atoms. The molecule has 3 nitrogen and oxygen atoms in total. The average molecular weight is 368 g/mol. The molecule has 2 aromatic rings. The second-order valence-corrected chi connectivity index (χ2v) is 6.50. The Morgan fingerprint density at radius 2 is 2.10 bits per heavy atom. The van der Waals surface area contributed by atoms with Gasteiger partial charge >= 0.3 is 0 Å². The Balaban J connectivity index is 1.80. The fourth-order valence-electron chi connectivity index (χ4n) is 2.59. The molecule has 3 rings (SSSR count). The van der Waals surface area contributed by atoms with Crippen molar-refractivity contribution in [2.45, 2.75) is 13.0 Å². The minimum atomic E-state index is 0.0564. The molecule has 0 radical (unpaired) electrons. The van der Waals surface area contributed by atoms with Gasteiger partial charge in [0.2, 0.25) is 0 Å².